The lowest BCUT2D eigenvalue weighted by Gasteiger charge is -2.31. The first kappa shape index (κ1) is 22.6. The Balaban J connectivity index is 2.04. The third-order valence-corrected chi connectivity index (χ3v) is 4.63. The van der Waals surface area contributed by atoms with Crippen molar-refractivity contribution in [2.24, 2.45) is 11.5 Å². The van der Waals surface area contributed by atoms with Crippen molar-refractivity contribution in [3.05, 3.63) is 41.1 Å². The molecule has 2 heterocycles. The number of aromatic nitrogens is 2. The van der Waals surface area contributed by atoms with Crippen LogP contribution in [0.4, 0.5) is 43.8 Å². The van der Waals surface area contributed by atoms with E-state index < -0.39 is 35.1 Å². The molecule has 1 aromatic heterocycles. The lowest BCUT2D eigenvalue weighted by atomic mass is 10.1. The number of amides is 1. The summed E-state index contributed by atoms with van der Waals surface area (Å²) >= 11 is 0. The van der Waals surface area contributed by atoms with Gasteiger partial charge in [-0.2, -0.15) is 31.3 Å². The van der Waals surface area contributed by atoms with Crippen LogP contribution in [0.15, 0.2) is 24.4 Å². The zero-order valence-corrected chi connectivity index (χ0v) is 15.9. The van der Waals surface area contributed by atoms with Gasteiger partial charge in [0.2, 0.25) is 5.95 Å². The van der Waals surface area contributed by atoms with Gasteiger partial charge in [-0.15, -0.1) is 0 Å². The fourth-order valence-corrected chi connectivity index (χ4v) is 3.16. The molecule has 1 atom stereocenters. The summed E-state index contributed by atoms with van der Waals surface area (Å²) in [7, 11) is 0. The molecule has 0 aliphatic carbocycles. The molecule has 1 saturated heterocycles. The number of hydrogen-bond donors (Lipinski definition) is 3. The first-order valence-corrected chi connectivity index (χ1v) is 9.08. The number of alkyl halides is 6. The molecule has 1 aromatic carbocycles. The van der Waals surface area contributed by atoms with Gasteiger partial charge in [0, 0.05) is 31.0 Å². The van der Waals surface area contributed by atoms with E-state index in [-0.39, 0.29) is 29.4 Å². The van der Waals surface area contributed by atoms with E-state index in [0.717, 1.165) is 19.0 Å². The van der Waals surface area contributed by atoms with Crippen molar-refractivity contribution in [2.75, 3.05) is 23.3 Å². The van der Waals surface area contributed by atoms with Gasteiger partial charge in [0.05, 0.1) is 11.1 Å². The highest BCUT2D eigenvalue weighted by Gasteiger charge is 2.37. The highest BCUT2D eigenvalue weighted by molar-refractivity contribution is 5.98. The van der Waals surface area contributed by atoms with Gasteiger partial charge in [-0.25, -0.2) is 4.98 Å². The third kappa shape index (κ3) is 5.34. The molecule has 1 amide bonds. The second-order valence-corrected chi connectivity index (χ2v) is 7.06. The number of carbonyl (C=O) groups is 1. The van der Waals surface area contributed by atoms with E-state index in [9.17, 15) is 31.1 Å². The van der Waals surface area contributed by atoms with E-state index in [0.29, 0.717) is 25.2 Å². The summed E-state index contributed by atoms with van der Waals surface area (Å²) in [5, 5.41) is 2.36. The Kier molecular flexibility index (Phi) is 5.98. The molecular weight excluding hydrogens is 430 g/mol. The van der Waals surface area contributed by atoms with Crippen LogP contribution in [0.2, 0.25) is 0 Å². The number of nitrogens with one attached hydrogen (secondary N) is 1. The van der Waals surface area contributed by atoms with Gasteiger partial charge >= 0.3 is 12.4 Å². The van der Waals surface area contributed by atoms with Crippen LogP contribution in [0.1, 0.15) is 34.3 Å². The van der Waals surface area contributed by atoms with Crippen molar-refractivity contribution in [1.29, 1.82) is 0 Å². The number of piperidine rings is 1. The molecule has 1 aliphatic rings. The fraction of sp³-hybridized carbons (Fsp3) is 0.389. The first-order chi connectivity index (χ1) is 14.3. The van der Waals surface area contributed by atoms with Crippen LogP contribution in [-0.4, -0.2) is 35.0 Å². The average Bonchev–Trinajstić information content (AvgIpc) is 2.66. The number of carbonyl (C=O) groups excluding carboxylic acids is 1. The molecule has 0 bridgehead atoms. The second kappa shape index (κ2) is 8.21. The van der Waals surface area contributed by atoms with E-state index in [4.69, 9.17) is 11.5 Å². The Morgan fingerprint density at radius 2 is 1.71 bits per heavy atom. The summed E-state index contributed by atoms with van der Waals surface area (Å²) in [5.74, 6) is -1.21. The maximum absolute atomic E-state index is 13.1. The molecule has 0 radical (unpaired) electrons. The molecular formula is C18H18F6N6O. The summed E-state index contributed by atoms with van der Waals surface area (Å²) in [6.07, 6.45) is -7.46. The molecule has 31 heavy (non-hydrogen) atoms. The zero-order valence-electron chi connectivity index (χ0n) is 15.9. The first-order valence-electron chi connectivity index (χ1n) is 9.08. The number of rotatable bonds is 4. The molecule has 2 aromatic rings. The minimum Gasteiger partial charge on any atom is -0.365 e. The van der Waals surface area contributed by atoms with Crippen molar-refractivity contribution in [2.45, 2.75) is 31.2 Å². The molecule has 5 N–H and O–H groups in total. The highest BCUT2D eigenvalue weighted by atomic mass is 19.4. The van der Waals surface area contributed by atoms with Gasteiger partial charge in [-0.05, 0) is 31.0 Å². The third-order valence-electron chi connectivity index (χ3n) is 4.63. The number of primary amides is 1. The number of nitrogens with zero attached hydrogens (tertiary/aromatic N) is 3. The van der Waals surface area contributed by atoms with Crippen LogP contribution in [-0.2, 0) is 12.4 Å². The predicted molar refractivity (Wildman–Crippen MR) is 99.7 cm³/mol. The molecule has 13 heteroatoms. The monoisotopic (exact) mass is 448 g/mol. The maximum Gasteiger partial charge on any atom is 0.416 e. The molecule has 7 nitrogen and oxygen atoms in total. The lowest BCUT2D eigenvalue weighted by Crippen LogP contribution is -2.43. The van der Waals surface area contributed by atoms with Gasteiger partial charge in [-0.3, -0.25) is 4.79 Å². The average molecular weight is 448 g/mol. The van der Waals surface area contributed by atoms with E-state index in [1.54, 1.807) is 4.90 Å². The van der Waals surface area contributed by atoms with Crippen molar-refractivity contribution in [3.63, 3.8) is 0 Å². The number of hydrogen-bond acceptors (Lipinski definition) is 6. The molecule has 0 unspecified atom stereocenters. The number of halogens is 6. The number of nitrogens with two attached hydrogens (primary N) is 2. The Bertz CT molecular complexity index is 945. The molecule has 0 spiro atoms. The topological polar surface area (TPSA) is 110 Å². The summed E-state index contributed by atoms with van der Waals surface area (Å²) in [6, 6.07) is 0.820. The van der Waals surface area contributed by atoms with Crippen molar-refractivity contribution >= 4 is 23.4 Å². The standard InChI is InChI=1S/C18H18F6N6O/c19-17(20,21)9-4-10(18(22,23)24)6-12(5-9)28-15-13(14(26)31)7-27-16(29-15)30-3-1-2-11(25)8-30/h4-7,11H,1-3,8,25H2,(H2,26,31)(H,27,28,29)/t11-/m0/s1. The van der Waals surface area contributed by atoms with Crippen LogP contribution < -0.4 is 21.7 Å². The van der Waals surface area contributed by atoms with Gasteiger partial charge in [-0.1, -0.05) is 0 Å². The number of benzene rings is 1. The Morgan fingerprint density at radius 3 is 2.23 bits per heavy atom. The molecule has 3 rings (SSSR count). The summed E-state index contributed by atoms with van der Waals surface area (Å²) in [4.78, 5) is 21.6. The van der Waals surface area contributed by atoms with E-state index in [1.807, 2.05) is 0 Å². The lowest BCUT2D eigenvalue weighted by molar-refractivity contribution is -0.143. The number of anilines is 3. The van der Waals surface area contributed by atoms with E-state index >= 15 is 0 Å². The zero-order chi connectivity index (χ0) is 23.0. The highest BCUT2D eigenvalue weighted by Crippen LogP contribution is 2.38. The van der Waals surface area contributed by atoms with Gasteiger partial charge in [0.25, 0.3) is 5.91 Å². The molecule has 0 saturated carbocycles. The van der Waals surface area contributed by atoms with Crippen LogP contribution in [0.5, 0.6) is 0 Å². The van der Waals surface area contributed by atoms with Crippen LogP contribution in [0.25, 0.3) is 0 Å². The minimum atomic E-state index is -5.02. The Hall–Kier alpha value is -3.09. The maximum atomic E-state index is 13.1. The van der Waals surface area contributed by atoms with Crippen molar-refractivity contribution in [3.8, 4) is 0 Å². The Labute approximate surface area is 172 Å². The van der Waals surface area contributed by atoms with Gasteiger partial charge < -0.3 is 21.7 Å². The smallest absolute Gasteiger partial charge is 0.365 e. The summed E-state index contributed by atoms with van der Waals surface area (Å²) < 4.78 is 78.7. The summed E-state index contributed by atoms with van der Waals surface area (Å²) in [6.45, 7) is 0.946. The summed E-state index contributed by atoms with van der Waals surface area (Å²) in [5.41, 5.74) is 7.30. The van der Waals surface area contributed by atoms with E-state index in [1.165, 1.54) is 0 Å². The van der Waals surface area contributed by atoms with Gasteiger partial charge in [0.1, 0.15) is 11.4 Å². The normalized spacial score (nSPS) is 17.5. The SMILES string of the molecule is NC(=O)c1cnc(N2CCC[C@H](N)C2)nc1Nc1cc(C(F)(F)F)cc(C(F)(F)F)c1. The van der Waals surface area contributed by atoms with Crippen LogP contribution >= 0.6 is 0 Å². The Morgan fingerprint density at radius 1 is 1.10 bits per heavy atom. The van der Waals surface area contributed by atoms with Crippen molar-refractivity contribution < 1.29 is 31.1 Å². The molecule has 1 fully saturated rings. The van der Waals surface area contributed by atoms with Crippen LogP contribution in [0.3, 0.4) is 0 Å². The van der Waals surface area contributed by atoms with Crippen LogP contribution in [0, 0.1) is 0 Å². The van der Waals surface area contributed by atoms with Crippen molar-refractivity contribution in [1.82, 2.24) is 9.97 Å². The fourth-order valence-electron chi connectivity index (χ4n) is 3.16. The quantitative estimate of drug-likeness (QED) is 0.620. The molecule has 1 aliphatic heterocycles. The minimum absolute atomic E-state index is 0.000697. The van der Waals surface area contributed by atoms with E-state index in [2.05, 4.69) is 15.3 Å². The molecule has 168 valence electrons. The predicted octanol–water partition coefficient (Wildman–Crippen LogP) is 3.28. The van der Waals surface area contributed by atoms with Gasteiger partial charge in [0.15, 0.2) is 0 Å². The largest absolute Gasteiger partial charge is 0.416 e. The second-order valence-electron chi connectivity index (χ2n) is 7.06.